The highest BCUT2D eigenvalue weighted by molar-refractivity contribution is 14.1. The molecule has 2 aliphatic rings. The van der Waals surface area contributed by atoms with Gasteiger partial charge < -0.3 is 9.67 Å². The van der Waals surface area contributed by atoms with Gasteiger partial charge in [-0.15, -0.1) is 0 Å². The fraction of sp³-hybridized carbons (Fsp3) is 0.579. The Hall–Kier alpha value is -0.750. The van der Waals surface area contributed by atoms with Gasteiger partial charge in [-0.1, -0.05) is 36.4 Å². The molecule has 0 aliphatic carbocycles. The highest BCUT2D eigenvalue weighted by Gasteiger charge is 2.44. The summed E-state index contributed by atoms with van der Waals surface area (Å²) in [5, 5.41) is 11.1. The maximum Gasteiger partial charge on any atom is 0.116 e. The summed E-state index contributed by atoms with van der Waals surface area (Å²) >= 11 is 2.62. The lowest BCUT2D eigenvalue weighted by Gasteiger charge is -2.46. The van der Waals surface area contributed by atoms with Crippen LogP contribution in [0.1, 0.15) is 50.4 Å². The van der Waals surface area contributed by atoms with E-state index in [0.717, 1.165) is 6.54 Å². The van der Waals surface area contributed by atoms with Crippen LogP contribution in [0.4, 0.5) is 0 Å². The lowest BCUT2D eigenvalue weighted by molar-refractivity contribution is 0.0688. The summed E-state index contributed by atoms with van der Waals surface area (Å²) in [5.74, 6) is 0.368. The van der Waals surface area contributed by atoms with E-state index in [1.807, 2.05) is 12.1 Å². The van der Waals surface area contributed by atoms with Crippen LogP contribution >= 0.6 is 22.6 Å². The van der Waals surface area contributed by atoms with Gasteiger partial charge in [-0.05, 0) is 61.9 Å². The lowest BCUT2D eigenvalue weighted by atomic mass is 9.75. The second-order valence-electron chi connectivity index (χ2n) is 7.82. The van der Waals surface area contributed by atoms with E-state index >= 15 is 0 Å². The van der Waals surface area contributed by atoms with Crippen molar-refractivity contribution in [2.45, 2.75) is 56.7 Å². The molecule has 1 fully saturated rings. The second kappa shape index (κ2) is 5.38. The van der Waals surface area contributed by atoms with Crippen LogP contribution in [0.5, 0.6) is 5.75 Å². The van der Waals surface area contributed by atoms with E-state index in [2.05, 4.69) is 58.9 Å². The van der Waals surface area contributed by atoms with E-state index < -0.39 is 0 Å². The number of alkyl halides is 1. The number of phenolic OH excluding ortho intramolecular Hbond substituents is 1. The molecule has 2 atom stereocenters. The second-order valence-corrected chi connectivity index (χ2v) is 9.26. The van der Waals surface area contributed by atoms with Crippen LogP contribution in [0.3, 0.4) is 0 Å². The predicted molar refractivity (Wildman–Crippen MR) is 103 cm³/mol. The molecule has 0 saturated carbocycles. The number of benzene rings is 1. The van der Waals surface area contributed by atoms with Crippen molar-refractivity contribution >= 4 is 33.5 Å². The zero-order valence-electron chi connectivity index (χ0n) is 14.1. The standard InChI is InChI=1S/C19H25IN2O/c1-12-14-11-13(23)6-7-15(14)21-10-8-19(2,3)18(17(12)21)22-9-4-5-16(22)20/h6-7,11,16,18,23H,4-5,8-10H2,1-3H3. The Kier molecular flexibility index (Phi) is 3.69. The van der Waals surface area contributed by atoms with E-state index in [-0.39, 0.29) is 5.41 Å². The minimum Gasteiger partial charge on any atom is -0.508 e. The maximum absolute atomic E-state index is 9.92. The monoisotopic (exact) mass is 424 g/mol. The van der Waals surface area contributed by atoms with Crippen LogP contribution in [-0.2, 0) is 6.54 Å². The third kappa shape index (κ3) is 2.32. The number of fused-ring (bicyclic) bond motifs is 3. The van der Waals surface area contributed by atoms with Gasteiger partial charge in [0.15, 0.2) is 0 Å². The first-order valence-electron chi connectivity index (χ1n) is 8.62. The molecule has 3 nitrogen and oxygen atoms in total. The van der Waals surface area contributed by atoms with Crippen LogP contribution in [0.25, 0.3) is 10.9 Å². The molecule has 2 aliphatic heterocycles. The predicted octanol–water partition coefficient (Wildman–Crippen LogP) is 4.98. The minimum atomic E-state index is 0.283. The third-order valence-corrected chi connectivity index (χ3v) is 7.22. The SMILES string of the molecule is Cc1c2n(c3ccc(O)cc13)CCC(C)(C)C2N1CCCC1I. The first-order chi connectivity index (χ1) is 10.9. The summed E-state index contributed by atoms with van der Waals surface area (Å²) in [7, 11) is 0. The Balaban J connectivity index is 1.95. The van der Waals surface area contributed by atoms with Crippen LogP contribution in [0.15, 0.2) is 18.2 Å². The summed E-state index contributed by atoms with van der Waals surface area (Å²) in [6.45, 7) is 9.37. The largest absolute Gasteiger partial charge is 0.508 e. The van der Waals surface area contributed by atoms with Crippen molar-refractivity contribution in [3.8, 4) is 5.75 Å². The number of nitrogens with zero attached hydrogens (tertiary/aromatic N) is 2. The van der Waals surface area contributed by atoms with Gasteiger partial charge in [-0.25, -0.2) is 0 Å². The maximum atomic E-state index is 9.92. The Morgan fingerprint density at radius 3 is 2.74 bits per heavy atom. The highest BCUT2D eigenvalue weighted by atomic mass is 127. The number of phenols is 1. The molecule has 0 spiro atoms. The number of aromatic hydroxyl groups is 1. The number of halogens is 1. The molecule has 0 amide bonds. The number of aryl methyl sites for hydroxylation is 2. The summed E-state index contributed by atoms with van der Waals surface area (Å²) in [6, 6.07) is 6.31. The van der Waals surface area contributed by atoms with Crippen LogP contribution < -0.4 is 0 Å². The average Bonchev–Trinajstić information content (AvgIpc) is 3.02. The molecule has 1 N–H and O–H groups in total. The zero-order chi connectivity index (χ0) is 16.4. The number of likely N-dealkylation sites (tertiary alicyclic amines) is 1. The third-order valence-electron chi connectivity index (χ3n) is 5.88. The van der Waals surface area contributed by atoms with Gasteiger partial charge in [0.25, 0.3) is 0 Å². The van der Waals surface area contributed by atoms with Gasteiger partial charge in [0, 0.05) is 23.1 Å². The molecule has 0 radical (unpaired) electrons. The fourth-order valence-corrected chi connectivity index (χ4v) is 5.72. The summed E-state index contributed by atoms with van der Waals surface area (Å²) in [5.41, 5.74) is 4.39. The number of aromatic nitrogens is 1. The van der Waals surface area contributed by atoms with Gasteiger partial charge in [-0.2, -0.15) is 0 Å². The summed E-state index contributed by atoms with van der Waals surface area (Å²) in [4.78, 5) is 2.72. The van der Waals surface area contributed by atoms with Crippen molar-refractivity contribution < 1.29 is 5.11 Å². The molecule has 1 saturated heterocycles. The van der Waals surface area contributed by atoms with Crippen molar-refractivity contribution in [2.75, 3.05) is 6.54 Å². The van der Waals surface area contributed by atoms with Crippen molar-refractivity contribution in [3.63, 3.8) is 0 Å². The van der Waals surface area contributed by atoms with Gasteiger partial charge >= 0.3 is 0 Å². The Morgan fingerprint density at radius 1 is 1.26 bits per heavy atom. The number of rotatable bonds is 1. The zero-order valence-corrected chi connectivity index (χ0v) is 16.3. The van der Waals surface area contributed by atoms with Crippen molar-refractivity contribution in [1.82, 2.24) is 9.47 Å². The van der Waals surface area contributed by atoms with E-state index in [0.29, 0.717) is 15.8 Å². The van der Waals surface area contributed by atoms with E-state index in [9.17, 15) is 5.11 Å². The molecule has 4 heteroatoms. The highest BCUT2D eigenvalue weighted by Crippen LogP contribution is 2.51. The van der Waals surface area contributed by atoms with Crippen molar-refractivity contribution in [3.05, 3.63) is 29.5 Å². The lowest BCUT2D eigenvalue weighted by Crippen LogP contribution is -2.43. The molecular weight excluding hydrogens is 399 g/mol. The van der Waals surface area contributed by atoms with Crippen LogP contribution in [0, 0.1) is 12.3 Å². The van der Waals surface area contributed by atoms with Gasteiger partial charge in [-0.3, -0.25) is 4.90 Å². The van der Waals surface area contributed by atoms with E-state index in [1.165, 1.54) is 48.0 Å². The molecule has 3 heterocycles. The molecule has 2 aromatic rings. The molecule has 0 bridgehead atoms. The van der Waals surface area contributed by atoms with Crippen molar-refractivity contribution in [1.29, 1.82) is 0 Å². The van der Waals surface area contributed by atoms with E-state index in [1.54, 1.807) is 0 Å². The number of hydrogen-bond acceptors (Lipinski definition) is 2. The van der Waals surface area contributed by atoms with Gasteiger partial charge in [0.05, 0.1) is 10.1 Å². The van der Waals surface area contributed by atoms with Crippen LogP contribution in [-0.4, -0.2) is 25.2 Å². The minimum absolute atomic E-state index is 0.283. The molecule has 1 aromatic heterocycles. The number of hydrogen-bond donors (Lipinski definition) is 1. The first-order valence-corrected chi connectivity index (χ1v) is 9.86. The molecule has 2 unspecified atom stereocenters. The van der Waals surface area contributed by atoms with Gasteiger partial charge in [0.2, 0.25) is 0 Å². The van der Waals surface area contributed by atoms with Gasteiger partial charge in [0.1, 0.15) is 5.75 Å². The van der Waals surface area contributed by atoms with E-state index in [4.69, 9.17) is 0 Å². The summed E-state index contributed by atoms with van der Waals surface area (Å²) < 4.78 is 3.15. The Labute approximate surface area is 151 Å². The quantitative estimate of drug-likeness (QED) is 0.397. The van der Waals surface area contributed by atoms with Crippen LogP contribution in [0.2, 0.25) is 0 Å². The molecule has 4 rings (SSSR count). The Bertz CT molecular complexity index is 764. The fourth-order valence-electron chi connectivity index (χ4n) is 4.68. The normalized spacial score (nSPS) is 27.5. The average molecular weight is 424 g/mol. The topological polar surface area (TPSA) is 28.4 Å². The molecular formula is C19H25IN2O. The smallest absolute Gasteiger partial charge is 0.116 e. The molecule has 124 valence electrons. The van der Waals surface area contributed by atoms with Crippen molar-refractivity contribution in [2.24, 2.45) is 5.41 Å². The molecule has 23 heavy (non-hydrogen) atoms. The molecule has 1 aromatic carbocycles. The summed E-state index contributed by atoms with van der Waals surface area (Å²) in [6.07, 6.45) is 3.81. The Morgan fingerprint density at radius 2 is 2.04 bits per heavy atom. The first kappa shape index (κ1) is 15.8.